The number of nitrogen functional groups attached to an aromatic ring is 1. The van der Waals surface area contributed by atoms with Crippen LogP contribution < -0.4 is 5.73 Å². The van der Waals surface area contributed by atoms with Crippen molar-refractivity contribution in [1.29, 1.82) is 0 Å². The van der Waals surface area contributed by atoms with E-state index in [0.29, 0.717) is 11.4 Å². The first-order valence-electron chi connectivity index (χ1n) is 4.69. The van der Waals surface area contributed by atoms with Gasteiger partial charge in [0.15, 0.2) is 0 Å². The van der Waals surface area contributed by atoms with Crippen molar-refractivity contribution < 1.29 is 5.21 Å². The Labute approximate surface area is 87.8 Å². The van der Waals surface area contributed by atoms with Crippen LogP contribution in [0, 0.1) is 0 Å². The molecule has 0 aliphatic carbocycles. The molecule has 0 saturated carbocycles. The van der Waals surface area contributed by atoms with Gasteiger partial charge < -0.3 is 10.9 Å². The van der Waals surface area contributed by atoms with Gasteiger partial charge in [0.2, 0.25) is 0 Å². The van der Waals surface area contributed by atoms with Crippen molar-refractivity contribution in [2.24, 2.45) is 5.16 Å². The van der Waals surface area contributed by atoms with E-state index < -0.39 is 0 Å². The molecule has 3 N–H and O–H groups in total. The molecule has 2 aromatic rings. The summed E-state index contributed by atoms with van der Waals surface area (Å²) < 4.78 is 0. The zero-order chi connectivity index (χ0) is 10.8. The molecular formula is C12H12N2O. The zero-order valence-electron chi connectivity index (χ0n) is 8.44. The first-order chi connectivity index (χ1) is 7.22. The average Bonchev–Trinajstić information content (AvgIpc) is 2.27. The third-order valence-corrected chi connectivity index (χ3v) is 2.46. The molecule has 2 aromatic carbocycles. The third kappa shape index (κ3) is 1.64. The van der Waals surface area contributed by atoms with Crippen molar-refractivity contribution in [2.75, 3.05) is 5.73 Å². The molecule has 0 heterocycles. The molecule has 3 nitrogen and oxygen atoms in total. The number of nitrogens with zero attached hydrogens (tertiary/aromatic N) is 1. The number of rotatable bonds is 1. The topological polar surface area (TPSA) is 58.6 Å². The Hall–Kier alpha value is -2.03. The largest absolute Gasteiger partial charge is 0.411 e. The van der Waals surface area contributed by atoms with Crippen LogP contribution in [0.25, 0.3) is 10.8 Å². The maximum Gasteiger partial charge on any atom is 0.0857 e. The van der Waals surface area contributed by atoms with Gasteiger partial charge in [-0.25, -0.2) is 0 Å². The molecular weight excluding hydrogens is 188 g/mol. The lowest BCUT2D eigenvalue weighted by Gasteiger charge is -2.06. The van der Waals surface area contributed by atoms with Gasteiger partial charge in [0, 0.05) is 11.3 Å². The second kappa shape index (κ2) is 3.61. The second-order valence-corrected chi connectivity index (χ2v) is 3.47. The smallest absolute Gasteiger partial charge is 0.0857 e. The summed E-state index contributed by atoms with van der Waals surface area (Å²) in [5.41, 5.74) is 7.80. The van der Waals surface area contributed by atoms with Crippen LogP contribution in [0.15, 0.2) is 41.6 Å². The molecule has 0 atom stereocenters. The first-order valence-corrected chi connectivity index (χ1v) is 4.69. The van der Waals surface area contributed by atoms with Gasteiger partial charge in [0.05, 0.1) is 5.71 Å². The van der Waals surface area contributed by atoms with E-state index in [1.54, 1.807) is 6.92 Å². The van der Waals surface area contributed by atoms with Gasteiger partial charge in [-0.1, -0.05) is 29.4 Å². The van der Waals surface area contributed by atoms with Crippen molar-refractivity contribution in [3.8, 4) is 0 Å². The summed E-state index contributed by atoms with van der Waals surface area (Å²) in [5.74, 6) is 0. The van der Waals surface area contributed by atoms with Crippen molar-refractivity contribution >= 4 is 22.2 Å². The summed E-state index contributed by atoms with van der Waals surface area (Å²) in [4.78, 5) is 0. The summed E-state index contributed by atoms with van der Waals surface area (Å²) in [5, 5.41) is 14.1. The van der Waals surface area contributed by atoms with Gasteiger partial charge in [-0.3, -0.25) is 0 Å². The number of oxime groups is 1. The molecule has 0 saturated heterocycles. The molecule has 0 amide bonds. The number of nitrogens with two attached hydrogens (primary N) is 1. The Bertz CT molecular complexity index is 532. The fourth-order valence-corrected chi connectivity index (χ4v) is 1.63. The number of fused-ring (bicyclic) bond motifs is 1. The van der Waals surface area contributed by atoms with E-state index in [9.17, 15) is 0 Å². The number of hydrogen-bond acceptors (Lipinski definition) is 3. The standard InChI is InChI=1S/C12H12N2O/c1-8(14-15)11-6-9-4-2-3-5-10(9)7-12(11)13/h2-7,15H,13H2,1H3/b14-8+. The number of benzene rings is 2. The van der Waals surface area contributed by atoms with Gasteiger partial charge in [-0.05, 0) is 29.8 Å². The van der Waals surface area contributed by atoms with Crippen molar-refractivity contribution in [2.45, 2.75) is 6.92 Å². The monoisotopic (exact) mass is 200 g/mol. The fourth-order valence-electron chi connectivity index (χ4n) is 1.63. The van der Waals surface area contributed by atoms with Crippen LogP contribution in [-0.2, 0) is 0 Å². The first kappa shape index (κ1) is 9.52. The Morgan fingerprint density at radius 3 is 2.40 bits per heavy atom. The second-order valence-electron chi connectivity index (χ2n) is 3.47. The van der Waals surface area contributed by atoms with Crippen LogP contribution in [0.5, 0.6) is 0 Å². The molecule has 0 aromatic heterocycles. The molecule has 0 fully saturated rings. The van der Waals surface area contributed by atoms with Crippen LogP contribution in [-0.4, -0.2) is 10.9 Å². The van der Waals surface area contributed by atoms with E-state index in [-0.39, 0.29) is 0 Å². The highest BCUT2D eigenvalue weighted by Gasteiger charge is 2.04. The SMILES string of the molecule is C/C(=N\O)c1cc2ccccc2cc1N. The molecule has 0 radical (unpaired) electrons. The maximum absolute atomic E-state index is 8.72. The van der Waals surface area contributed by atoms with Gasteiger partial charge in [-0.2, -0.15) is 0 Å². The van der Waals surface area contributed by atoms with Crippen molar-refractivity contribution in [3.63, 3.8) is 0 Å². The predicted octanol–water partition coefficient (Wildman–Crippen LogP) is 2.62. The van der Waals surface area contributed by atoms with Crippen LogP contribution in [0.4, 0.5) is 5.69 Å². The van der Waals surface area contributed by atoms with Gasteiger partial charge in [0.1, 0.15) is 0 Å². The maximum atomic E-state index is 8.72. The van der Waals surface area contributed by atoms with E-state index in [1.807, 2.05) is 36.4 Å². The normalized spacial score (nSPS) is 11.9. The average molecular weight is 200 g/mol. The fraction of sp³-hybridized carbons (Fsp3) is 0.0833. The number of anilines is 1. The minimum absolute atomic E-state index is 0.526. The number of hydrogen-bond donors (Lipinski definition) is 2. The molecule has 76 valence electrons. The molecule has 0 aliphatic heterocycles. The van der Waals surface area contributed by atoms with Crippen LogP contribution in [0.1, 0.15) is 12.5 Å². The highest BCUT2D eigenvalue weighted by Crippen LogP contribution is 2.22. The van der Waals surface area contributed by atoms with E-state index in [4.69, 9.17) is 10.9 Å². The molecule has 0 aliphatic rings. The highest BCUT2D eigenvalue weighted by atomic mass is 16.4. The quantitative estimate of drug-likeness (QED) is 0.322. The van der Waals surface area contributed by atoms with Gasteiger partial charge >= 0.3 is 0 Å². The van der Waals surface area contributed by atoms with E-state index in [2.05, 4.69) is 5.16 Å². The highest BCUT2D eigenvalue weighted by molar-refractivity contribution is 6.06. The Morgan fingerprint density at radius 2 is 1.80 bits per heavy atom. The van der Waals surface area contributed by atoms with Crippen molar-refractivity contribution in [1.82, 2.24) is 0 Å². The lowest BCUT2D eigenvalue weighted by atomic mass is 10.0. The minimum Gasteiger partial charge on any atom is -0.411 e. The summed E-state index contributed by atoms with van der Waals surface area (Å²) in [6.07, 6.45) is 0. The Kier molecular flexibility index (Phi) is 2.29. The third-order valence-electron chi connectivity index (χ3n) is 2.46. The molecule has 3 heteroatoms. The van der Waals surface area contributed by atoms with E-state index in [1.165, 1.54) is 0 Å². The van der Waals surface area contributed by atoms with Gasteiger partial charge in [0.25, 0.3) is 0 Å². The minimum atomic E-state index is 0.526. The Morgan fingerprint density at radius 1 is 1.20 bits per heavy atom. The summed E-state index contributed by atoms with van der Waals surface area (Å²) in [6.45, 7) is 1.72. The zero-order valence-corrected chi connectivity index (χ0v) is 8.44. The Balaban J connectivity index is 2.72. The molecule has 0 unspecified atom stereocenters. The van der Waals surface area contributed by atoms with Gasteiger partial charge in [-0.15, -0.1) is 0 Å². The van der Waals surface area contributed by atoms with Crippen LogP contribution in [0.3, 0.4) is 0 Å². The molecule has 0 bridgehead atoms. The lowest BCUT2D eigenvalue weighted by Crippen LogP contribution is -2.00. The molecule has 0 spiro atoms. The summed E-state index contributed by atoms with van der Waals surface area (Å²) in [7, 11) is 0. The lowest BCUT2D eigenvalue weighted by molar-refractivity contribution is 0.319. The summed E-state index contributed by atoms with van der Waals surface area (Å²) >= 11 is 0. The van der Waals surface area contributed by atoms with Crippen LogP contribution >= 0.6 is 0 Å². The summed E-state index contributed by atoms with van der Waals surface area (Å²) in [6, 6.07) is 11.8. The molecule has 15 heavy (non-hydrogen) atoms. The van der Waals surface area contributed by atoms with E-state index >= 15 is 0 Å². The van der Waals surface area contributed by atoms with Crippen molar-refractivity contribution in [3.05, 3.63) is 42.0 Å². The predicted molar refractivity (Wildman–Crippen MR) is 62.4 cm³/mol. The molecule has 2 rings (SSSR count). The van der Waals surface area contributed by atoms with E-state index in [0.717, 1.165) is 16.3 Å². The van der Waals surface area contributed by atoms with Crippen LogP contribution in [0.2, 0.25) is 0 Å².